The van der Waals surface area contributed by atoms with Crippen molar-refractivity contribution in [1.82, 2.24) is 9.80 Å². The summed E-state index contributed by atoms with van der Waals surface area (Å²) in [5, 5.41) is 14.8. The van der Waals surface area contributed by atoms with Crippen LogP contribution in [0, 0.1) is 11.7 Å². The van der Waals surface area contributed by atoms with Gasteiger partial charge in [0.15, 0.2) is 6.29 Å². The number of carboxylic acid groups (broad SMARTS) is 2. The summed E-state index contributed by atoms with van der Waals surface area (Å²) in [5.74, 6) is -2.53. The number of piperidine rings is 1. The first-order valence-corrected chi connectivity index (χ1v) is 15.6. The molecular formula is C34H47FN2O8. The van der Waals surface area contributed by atoms with Crippen LogP contribution in [0.5, 0.6) is 5.75 Å². The van der Waals surface area contributed by atoms with Crippen LogP contribution in [0.15, 0.2) is 48.5 Å². The number of carbonyl (C=O) groups excluding carboxylic acids is 1. The Kier molecular flexibility index (Phi) is 14.2. The van der Waals surface area contributed by atoms with E-state index < -0.39 is 11.9 Å². The van der Waals surface area contributed by atoms with Crippen molar-refractivity contribution in [1.29, 1.82) is 0 Å². The van der Waals surface area contributed by atoms with Crippen molar-refractivity contribution in [3.8, 4) is 5.75 Å². The fraction of sp³-hybridized carbons (Fsp3) is 0.559. The Morgan fingerprint density at radius 2 is 1.49 bits per heavy atom. The number of carbonyl (C=O) groups is 3. The van der Waals surface area contributed by atoms with Crippen LogP contribution >= 0.6 is 0 Å². The molecule has 2 N–H and O–H groups in total. The zero-order valence-corrected chi connectivity index (χ0v) is 26.7. The number of carboxylic acids is 2. The number of ether oxygens (including phenoxy) is 3. The number of rotatable bonds is 11. The van der Waals surface area contributed by atoms with E-state index >= 15 is 0 Å². The monoisotopic (exact) mass is 630 g/mol. The smallest absolute Gasteiger partial charge is 0.414 e. The predicted octanol–water partition coefficient (Wildman–Crippen LogP) is 4.98. The maximum Gasteiger partial charge on any atom is 0.414 e. The number of amides is 1. The Balaban J connectivity index is 0.000000838. The van der Waals surface area contributed by atoms with Gasteiger partial charge in [0.05, 0.1) is 25.2 Å². The van der Waals surface area contributed by atoms with Gasteiger partial charge in [0.1, 0.15) is 11.6 Å². The van der Waals surface area contributed by atoms with Crippen molar-refractivity contribution in [2.24, 2.45) is 5.92 Å². The lowest BCUT2D eigenvalue weighted by Crippen LogP contribution is -2.48. The molecule has 45 heavy (non-hydrogen) atoms. The Labute approximate surface area is 265 Å². The maximum absolute atomic E-state index is 13.6. The maximum atomic E-state index is 13.6. The van der Waals surface area contributed by atoms with E-state index in [4.69, 9.17) is 34.0 Å². The molecule has 2 heterocycles. The molecule has 0 spiro atoms. The lowest BCUT2D eigenvalue weighted by Gasteiger charge is -2.39. The first kappa shape index (κ1) is 35.9. The summed E-state index contributed by atoms with van der Waals surface area (Å²) in [6.45, 7) is 12.4. The molecule has 11 heteroatoms. The molecule has 0 bridgehead atoms. The molecule has 2 aliphatic heterocycles. The highest BCUT2D eigenvalue weighted by molar-refractivity contribution is 6.27. The highest BCUT2D eigenvalue weighted by Gasteiger charge is 2.30. The lowest BCUT2D eigenvalue weighted by atomic mass is 10.0. The van der Waals surface area contributed by atoms with E-state index in [1.54, 1.807) is 12.1 Å². The SMILES string of the molecule is CC(C)COc1ccc(CC(=O)N(Cc2ccc(F)cc2)C2CCN(CCC3OC(C)CC(C)O3)CC2)cc1.O=C(O)C(=O)O. The molecule has 2 fully saturated rings. The number of nitrogens with zero attached hydrogens (tertiary/aromatic N) is 2. The average molecular weight is 631 g/mol. The first-order chi connectivity index (χ1) is 21.4. The summed E-state index contributed by atoms with van der Waals surface area (Å²) in [4.78, 5) is 36.3. The normalized spacial score (nSPS) is 20.6. The topological polar surface area (TPSA) is 126 Å². The van der Waals surface area contributed by atoms with Gasteiger partial charge in [0.25, 0.3) is 0 Å². The minimum Gasteiger partial charge on any atom is -0.493 e. The fourth-order valence-electron chi connectivity index (χ4n) is 5.46. The molecule has 0 aliphatic carbocycles. The Morgan fingerprint density at radius 1 is 0.933 bits per heavy atom. The van der Waals surface area contributed by atoms with Crippen LogP contribution in [0.2, 0.25) is 0 Å². The van der Waals surface area contributed by atoms with E-state index in [0.717, 1.165) is 62.2 Å². The van der Waals surface area contributed by atoms with E-state index in [1.165, 1.54) is 12.1 Å². The van der Waals surface area contributed by atoms with Gasteiger partial charge < -0.3 is 34.2 Å². The van der Waals surface area contributed by atoms with Crippen LogP contribution in [-0.2, 0) is 36.8 Å². The van der Waals surface area contributed by atoms with Crippen molar-refractivity contribution < 1.29 is 43.2 Å². The first-order valence-electron chi connectivity index (χ1n) is 15.6. The van der Waals surface area contributed by atoms with Crippen molar-refractivity contribution in [3.63, 3.8) is 0 Å². The molecule has 0 saturated carbocycles. The van der Waals surface area contributed by atoms with E-state index in [1.807, 2.05) is 29.2 Å². The van der Waals surface area contributed by atoms with E-state index in [9.17, 15) is 9.18 Å². The summed E-state index contributed by atoms with van der Waals surface area (Å²) in [5.41, 5.74) is 1.91. The van der Waals surface area contributed by atoms with Crippen molar-refractivity contribution in [3.05, 3.63) is 65.5 Å². The largest absolute Gasteiger partial charge is 0.493 e. The van der Waals surface area contributed by atoms with Gasteiger partial charge in [-0.3, -0.25) is 4.79 Å². The zero-order chi connectivity index (χ0) is 32.9. The third-order valence-corrected chi connectivity index (χ3v) is 7.74. The second-order valence-electron chi connectivity index (χ2n) is 12.2. The third kappa shape index (κ3) is 12.8. The summed E-state index contributed by atoms with van der Waals surface area (Å²) in [6, 6.07) is 14.5. The van der Waals surface area contributed by atoms with E-state index in [0.29, 0.717) is 25.5 Å². The average Bonchev–Trinajstić information content (AvgIpc) is 2.99. The molecule has 2 aromatic rings. The Bertz CT molecular complexity index is 1190. The highest BCUT2D eigenvalue weighted by atomic mass is 19.1. The number of hydrogen-bond acceptors (Lipinski definition) is 7. The van der Waals surface area contributed by atoms with Crippen LogP contribution in [0.25, 0.3) is 0 Å². The van der Waals surface area contributed by atoms with Gasteiger partial charge in [0, 0.05) is 38.6 Å². The molecule has 2 unspecified atom stereocenters. The molecular weight excluding hydrogens is 583 g/mol. The van der Waals surface area contributed by atoms with Crippen LogP contribution in [0.1, 0.15) is 64.5 Å². The van der Waals surface area contributed by atoms with E-state index in [-0.39, 0.29) is 36.3 Å². The number of benzene rings is 2. The quantitative estimate of drug-likeness (QED) is 0.331. The van der Waals surface area contributed by atoms with Crippen LogP contribution in [0.3, 0.4) is 0 Å². The molecule has 2 aliphatic rings. The summed E-state index contributed by atoms with van der Waals surface area (Å²) in [6.07, 6.45) is 4.28. The zero-order valence-electron chi connectivity index (χ0n) is 26.7. The van der Waals surface area contributed by atoms with Crippen LogP contribution in [-0.4, -0.2) is 88.6 Å². The molecule has 0 radical (unpaired) electrons. The van der Waals surface area contributed by atoms with Gasteiger partial charge in [-0.1, -0.05) is 38.1 Å². The molecule has 10 nitrogen and oxygen atoms in total. The highest BCUT2D eigenvalue weighted by Crippen LogP contribution is 2.24. The van der Waals surface area contributed by atoms with E-state index in [2.05, 4.69) is 32.6 Å². The Hall–Kier alpha value is -3.54. The third-order valence-electron chi connectivity index (χ3n) is 7.74. The minimum atomic E-state index is -1.82. The van der Waals surface area contributed by atoms with Gasteiger partial charge in [-0.15, -0.1) is 0 Å². The minimum absolute atomic E-state index is 0.0978. The van der Waals surface area contributed by atoms with Gasteiger partial charge >= 0.3 is 11.9 Å². The number of aliphatic carboxylic acids is 2. The summed E-state index contributed by atoms with van der Waals surface area (Å²) < 4.78 is 31.3. The lowest BCUT2D eigenvalue weighted by molar-refractivity contribution is -0.237. The molecule has 0 aromatic heterocycles. The predicted molar refractivity (Wildman–Crippen MR) is 166 cm³/mol. The second-order valence-corrected chi connectivity index (χ2v) is 12.2. The molecule has 2 saturated heterocycles. The number of hydrogen-bond donors (Lipinski definition) is 2. The second kappa shape index (κ2) is 17.8. The number of likely N-dealkylation sites (tertiary alicyclic amines) is 1. The fourth-order valence-corrected chi connectivity index (χ4v) is 5.46. The van der Waals surface area contributed by atoms with Gasteiger partial charge in [-0.05, 0) is 74.4 Å². The van der Waals surface area contributed by atoms with Crippen LogP contribution < -0.4 is 4.74 Å². The molecule has 1 amide bonds. The number of halogens is 1. The standard InChI is InChI=1S/C32H45FN2O4.C2H2O4/c1-23(2)22-37-30-11-7-26(8-12-30)20-31(36)35(21-27-5-9-28(33)10-6-27)29-13-16-34(17-14-29)18-15-32-38-24(3)19-25(4)39-32;3-1(4)2(5)6/h5-12,23-25,29,32H,13-22H2,1-4H3;(H,3,4)(H,5,6). The van der Waals surface area contributed by atoms with Gasteiger partial charge in [0.2, 0.25) is 5.91 Å². The molecule has 248 valence electrons. The summed E-state index contributed by atoms with van der Waals surface area (Å²) in [7, 11) is 0. The van der Waals surface area contributed by atoms with Crippen LogP contribution in [0.4, 0.5) is 4.39 Å². The van der Waals surface area contributed by atoms with Crippen molar-refractivity contribution in [2.45, 2.75) is 90.9 Å². The molecule has 2 aromatic carbocycles. The molecule has 4 rings (SSSR count). The van der Waals surface area contributed by atoms with Crippen molar-refractivity contribution in [2.75, 3.05) is 26.2 Å². The van der Waals surface area contributed by atoms with Gasteiger partial charge in [-0.2, -0.15) is 0 Å². The Morgan fingerprint density at radius 3 is 2.02 bits per heavy atom. The summed E-state index contributed by atoms with van der Waals surface area (Å²) >= 11 is 0. The van der Waals surface area contributed by atoms with Gasteiger partial charge in [-0.25, -0.2) is 14.0 Å². The molecule has 2 atom stereocenters. The van der Waals surface area contributed by atoms with Crippen molar-refractivity contribution >= 4 is 17.8 Å².